The van der Waals surface area contributed by atoms with E-state index in [1.54, 1.807) is 11.6 Å². The first kappa shape index (κ1) is 17.5. The molecule has 2 aromatic carbocycles. The molecule has 1 aromatic heterocycles. The van der Waals surface area contributed by atoms with Crippen molar-refractivity contribution in [2.24, 2.45) is 0 Å². The van der Waals surface area contributed by atoms with E-state index in [4.69, 9.17) is 5.21 Å². The van der Waals surface area contributed by atoms with Gasteiger partial charge in [-0.15, -0.1) is 0 Å². The van der Waals surface area contributed by atoms with Crippen LogP contribution in [0.1, 0.15) is 22.3 Å². The number of hydrogen-bond acceptors (Lipinski definition) is 3. The molecule has 4 rings (SSSR count). The summed E-state index contributed by atoms with van der Waals surface area (Å²) in [5.41, 5.74) is 7.80. The molecule has 1 aliphatic rings. The van der Waals surface area contributed by atoms with E-state index in [0.717, 1.165) is 31.4 Å². The molecule has 1 aliphatic carbocycles. The number of nitrogens with one attached hydrogen (secondary N) is 3. The molecule has 0 fully saturated rings. The first-order valence-corrected chi connectivity index (χ1v) is 9.25. The number of hydroxylamine groups is 1. The van der Waals surface area contributed by atoms with Gasteiger partial charge in [0.25, 0.3) is 5.91 Å². The van der Waals surface area contributed by atoms with Crippen molar-refractivity contribution in [1.29, 1.82) is 0 Å². The SMILES string of the molecule is O=C(/C=C/c1ccc2c(c1)CC(NCCc1c[nH]c3ccccc13)C2)NO. The summed E-state index contributed by atoms with van der Waals surface area (Å²) in [5, 5.41) is 13.5. The van der Waals surface area contributed by atoms with Crippen LogP contribution in [0.5, 0.6) is 0 Å². The number of H-pyrrole nitrogens is 1. The van der Waals surface area contributed by atoms with Crippen LogP contribution < -0.4 is 10.8 Å². The topological polar surface area (TPSA) is 77.2 Å². The van der Waals surface area contributed by atoms with Crippen molar-refractivity contribution in [3.05, 3.63) is 77.0 Å². The van der Waals surface area contributed by atoms with Crippen LogP contribution in [0.15, 0.2) is 54.7 Å². The van der Waals surface area contributed by atoms with Gasteiger partial charge in [0.2, 0.25) is 0 Å². The zero-order chi connectivity index (χ0) is 18.6. The average Bonchev–Trinajstić information content (AvgIpc) is 3.29. The molecule has 0 saturated heterocycles. The second-order valence-electron chi connectivity index (χ2n) is 7.01. The maximum absolute atomic E-state index is 11.1. The summed E-state index contributed by atoms with van der Waals surface area (Å²) in [4.78, 5) is 14.4. The molecule has 0 radical (unpaired) electrons. The Morgan fingerprint density at radius 2 is 2.04 bits per heavy atom. The van der Waals surface area contributed by atoms with Crippen molar-refractivity contribution in [1.82, 2.24) is 15.8 Å². The molecule has 4 N–H and O–H groups in total. The van der Waals surface area contributed by atoms with Gasteiger partial charge in [-0.2, -0.15) is 0 Å². The fourth-order valence-corrected chi connectivity index (χ4v) is 3.84. The molecule has 5 heteroatoms. The number of aromatic amines is 1. The first-order chi connectivity index (χ1) is 13.2. The lowest BCUT2D eigenvalue weighted by atomic mass is 10.1. The third-order valence-corrected chi connectivity index (χ3v) is 5.20. The number of fused-ring (bicyclic) bond motifs is 2. The molecule has 0 bridgehead atoms. The van der Waals surface area contributed by atoms with E-state index in [-0.39, 0.29) is 0 Å². The highest BCUT2D eigenvalue weighted by Gasteiger charge is 2.20. The molecular formula is C22H23N3O2. The van der Waals surface area contributed by atoms with E-state index >= 15 is 0 Å². The van der Waals surface area contributed by atoms with Gasteiger partial charge in [0, 0.05) is 29.2 Å². The van der Waals surface area contributed by atoms with Gasteiger partial charge in [-0.25, -0.2) is 5.48 Å². The van der Waals surface area contributed by atoms with Gasteiger partial charge >= 0.3 is 0 Å². The van der Waals surface area contributed by atoms with Crippen LogP contribution in [0.25, 0.3) is 17.0 Å². The van der Waals surface area contributed by atoms with Crippen molar-refractivity contribution in [2.45, 2.75) is 25.3 Å². The Balaban J connectivity index is 1.33. The van der Waals surface area contributed by atoms with Crippen molar-refractivity contribution in [2.75, 3.05) is 6.54 Å². The van der Waals surface area contributed by atoms with Crippen molar-refractivity contribution in [3.8, 4) is 0 Å². The lowest BCUT2D eigenvalue weighted by molar-refractivity contribution is -0.124. The zero-order valence-corrected chi connectivity index (χ0v) is 15.0. The predicted molar refractivity (Wildman–Crippen MR) is 107 cm³/mol. The fourth-order valence-electron chi connectivity index (χ4n) is 3.84. The zero-order valence-electron chi connectivity index (χ0n) is 15.0. The number of amides is 1. The van der Waals surface area contributed by atoms with Gasteiger partial charge in [0.15, 0.2) is 0 Å². The summed E-state index contributed by atoms with van der Waals surface area (Å²) >= 11 is 0. The summed E-state index contributed by atoms with van der Waals surface area (Å²) in [6, 6.07) is 15.1. The summed E-state index contributed by atoms with van der Waals surface area (Å²) in [6.07, 6.45) is 8.18. The molecule has 1 atom stereocenters. The minimum absolute atomic E-state index is 0.449. The number of carbonyl (C=O) groups is 1. The molecule has 27 heavy (non-hydrogen) atoms. The molecule has 0 spiro atoms. The molecular weight excluding hydrogens is 338 g/mol. The molecule has 138 valence electrons. The summed E-state index contributed by atoms with van der Waals surface area (Å²) < 4.78 is 0. The number of aromatic nitrogens is 1. The molecule has 1 heterocycles. The van der Waals surface area contributed by atoms with Crippen LogP contribution in [0.4, 0.5) is 0 Å². The average molecular weight is 361 g/mol. The molecule has 3 aromatic rings. The highest BCUT2D eigenvalue weighted by Crippen LogP contribution is 2.24. The molecule has 1 unspecified atom stereocenters. The second kappa shape index (κ2) is 7.78. The summed E-state index contributed by atoms with van der Waals surface area (Å²) in [5.74, 6) is -0.521. The smallest absolute Gasteiger partial charge is 0.267 e. The predicted octanol–water partition coefficient (Wildman–Crippen LogP) is 2.99. The Bertz CT molecular complexity index is 990. The number of benzene rings is 2. The van der Waals surface area contributed by atoms with E-state index in [1.807, 2.05) is 6.07 Å². The Kier molecular flexibility index (Phi) is 5.05. The quantitative estimate of drug-likeness (QED) is 0.310. The Morgan fingerprint density at radius 3 is 2.93 bits per heavy atom. The number of hydrogen-bond donors (Lipinski definition) is 4. The standard InChI is InChI=1S/C22H23N3O2/c26-22(25-27)8-6-15-5-7-16-12-19(13-18(16)11-15)23-10-9-17-14-24-21-4-2-1-3-20(17)21/h1-8,11,14,19,23-24,27H,9-10,12-13H2,(H,25,26)/b8-6+. The first-order valence-electron chi connectivity index (χ1n) is 9.25. The molecule has 0 aliphatic heterocycles. The van der Waals surface area contributed by atoms with Crippen LogP contribution in [-0.4, -0.2) is 28.7 Å². The maximum atomic E-state index is 11.1. The molecule has 1 amide bonds. The van der Waals surface area contributed by atoms with Crippen LogP contribution >= 0.6 is 0 Å². The lowest BCUT2D eigenvalue weighted by Gasteiger charge is -2.11. The third-order valence-electron chi connectivity index (χ3n) is 5.20. The van der Waals surface area contributed by atoms with E-state index in [2.05, 4.69) is 52.9 Å². The largest absolute Gasteiger partial charge is 0.361 e. The third kappa shape index (κ3) is 3.94. The Morgan fingerprint density at radius 1 is 1.19 bits per heavy atom. The van der Waals surface area contributed by atoms with Crippen LogP contribution in [0, 0.1) is 0 Å². The fraction of sp³-hybridized carbons (Fsp3) is 0.227. The Labute approximate surface area is 158 Å². The lowest BCUT2D eigenvalue weighted by Crippen LogP contribution is -2.31. The van der Waals surface area contributed by atoms with Gasteiger partial charge in [-0.1, -0.05) is 36.4 Å². The number of rotatable bonds is 6. The van der Waals surface area contributed by atoms with Gasteiger partial charge in [-0.3, -0.25) is 10.0 Å². The van der Waals surface area contributed by atoms with Crippen molar-refractivity contribution >= 4 is 22.9 Å². The van der Waals surface area contributed by atoms with E-state index in [9.17, 15) is 4.79 Å². The van der Waals surface area contributed by atoms with Gasteiger partial charge in [0.05, 0.1) is 0 Å². The second-order valence-corrected chi connectivity index (χ2v) is 7.01. The Hall–Kier alpha value is -2.89. The van der Waals surface area contributed by atoms with Gasteiger partial charge in [0.1, 0.15) is 0 Å². The molecule has 5 nitrogen and oxygen atoms in total. The minimum atomic E-state index is -0.521. The van der Waals surface area contributed by atoms with Gasteiger partial charge < -0.3 is 10.3 Å². The summed E-state index contributed by atoms with van der Waals surface area (Å²) in [6.45, 7) is 0.948. The maximum Gasteiger partial charge on any atom is 0.267 e. The molecule has 0 saturated carbocycles. The van der Waals surface area contributed by atoms with Crippen LogP contribution in [0.2, 0.25) is 0 Å². The van der Waals surface area contributed by atoms with Crippen molar-refractivity contribution in [3.63, 3.8) is 0 Å². The van der Waals surface area contributed by atoms with Crippen molar-refractivity contribution < 1.29 is 10.0 Å². The van der Waals surface area contributed by atoms with Crippen LogP contribution in [0.3, 0.4) is 0 Å². The normalized spacial score (nSPS) is 16.1. The highest BCUT2D eigenvalue weighted by atomic mass is 16.5. The van der Waals surface area contributed by atoms with E-state index < -0.39 is 5.91 Å². The van der Waals surface area contributed by atoms with E-state index in [1.165, 1.54) is 33.7 Å². The van der Waals surface area contributed by atoms with Gasteiger partial charge in [-0.05, 0) is 60.2 Å². The monoisotopic (exact) mass is 361 g/mol. The van der Waals surface area contributed by atoms with E-state index in [0.29, 0.717) is 6.04 Å². The summed E-state index contributed by atoms with van der Waals surface area (Å²) in [7, 11) is 0. The number of para-hydroxylation sites is 1. The minimum Gasteiger partial charge on any atom is -0.361 e. The highest BCUT2D eigenvalue weighted by molar-refractivity contribution is 5.90. The van der Waals surface area contributed by atoms with Crippen LogP contribution in [-0.2, 0) is 24.1 Å². The number of carbonyl (C=O) groups excluding carboxylic acids is 1.